The molecule has 3 aromatic rings. The molecule has 0 bridgehead atoms. The topological polar surface area (TPSA) is 81.7 Å². The third kappa shape index (κ3) is 3.66. The number of hydrogen-bond acceptors (Lipinski definition) is 5. The van der Waals surface area contributed by atoms with E-state index in [0.717, 1.165) is 11.1 Å². The zero-order chi connectivity index (χ0) is 21.3. The largest absolute Gasteiger partial charge is 0.378 e. The first-order chi connectivity index (χ1) is 14.5. The summed E-state index contributed by atoms with van der Waals surface area (Å²) in [5, 5.41) is 4.47. The standard InChI is InChI=1S/C22H25N5O3/c1-4-9-26-16(3)18(14-19(28)25-10-12-30-13-11-25)21(29)27-22(26)23-20(24-27)17-7-5-15(2)6-8-17/h4-8H,1,9-14H2,2-3H3. The van der Waals surface area contributed by atoms with Crippen LogP contribution in [0.2, 0.25) is 0 Å². The molecule has 0 radical (unpaired) electrons. The highest BCUT2D eigenvalue weighted by atomic mass is 16.5. The normalized spacial score (nSPS) is 14.3. The molecule has 30 heavy (non-hydrogen) atoms. The van der Waals surface area contributed by atoms with Gasteiger partial charge in [-0.2, -0.15) is 9.50 Å². The zero-order valence-electron chi connectivity index (χ0n) is 17.3. The molecule has 1 amide bonds. The molecule has 1 aliphatic rings. The van der Waals surface area contributed by atoms with Gasteiger partial charge < -0.3 is 14.2 Å². The summed E-state index contributed by atoms with van der Waals surface area (Å²) in [6, 6.07) is 7.83. The second-order valence-electron chi connectivity index (χ2n) is 7.45. The Morgan fingerprint density at radius 1 is 1.20 bits per heavy atom. The molecule has 2 aromatic heterocycles. The Morgan fingerprint density at radius 2 is 1.90 bits per heavy atom. The first kappa shape index (κ1) is 20.0. The van der Waals surface area contributed by atoms with Gasteiger partial charge in [0.25, 0.3) is 5.56 Å². The minimum atomic E-state index is -0.310. The fraction of sp³-hybridized carbons (Fsp3) is 0.364. The summed E-state index contributed by atoms with van der Waals surface area (Å²) in [5.74, 6) is 0.832. The van der Waals surface area contributed by atoms with E-state index in [0.29, 0.717) is 55.7 Å². The average molecular weight is 407 g/mol. The van der Waals surface area contributed by atoms with Crippen molar-refractivity contribution in [3.63, 3.8) is 0 Å². The van der Waals surface area contributed by atoms with E-state index in [1.54, 1.807) is 11.0 Å². The average Bonchev–Trinajstić information content (AvgIpc) is 3.20. The Balaban J connectivity index is 1.80. The number of amides is 1. The van der Waals surface area contributed by atoms with Crippen LogP contribution in [-0.2, 0) is 22.5 Å². The highest BCUT2D eigenvalue weighted by molar-refractivity contribution is 5.79. The number of nitrogens with zero attached hydrogens (tertiary/aromatic N) is 5. The van der Waals surface area contributed by atoms with Crippen LogP contribution in [0.25, 0.3) is 17.2 Å². The van der Waals surface area contributed by atoms with Crippen LogP contribution >= 0.6 is 0 Å². The van der Waals surface area contributed by atoms with Gasteiger partial charge in [0.2, 0.25) is 11.7 Å². The molecule has 3 heterocycles. The molecule has 0 N–H and O–H groups in total. The minimum absolute atomic E-state index is 0.0253. The Kier molecular flexibility index (Phi) is 5.50. The van der Waals surface area contributed by atoms with Crippen molar-refractivity contribution in [3.05, 3.63) is 64.1 Å². The van der Waals surface area contributed by atoms with Crippen LogP contribution in [0, 0.1) is 13.8 Å². The van der Waals surface area contributed by atoms with Crippen LogP contribution in [0.4, 0.5) is 0 Å². The summed E-state index contributed by atoms with van der Waals surface area (Å²) < 4.78 is 8.49. The van der Waals surface area contributed by atoms with E-state index in [-0.39, 0.29) is 17.9 Å². The maximum absolute atomic E-state index is 13.2. The minimum Gasteiger partial charge on any atom is -0.378 e. The Bertz CT molecular complexity index is 1150. The van der Waals surface area contributed by atoms with Crippen molar-refractivity contribution in [3.8, 4) is 11.4 Å². The lowest BCUT2D eigenvalue weighted by Crippen LogP contribution is -2.42. The number of carbonyl (C=O) groups is 1. The third-order valence-corrected chi connectivity index (χ3v) is 5.44. The van der Waals surface area contributed by atoms with Crippen molar-refractivity contribution in [2.75, 3.05) is 26.3 Å². The van der Waals surface area contributed by atoms with Crippen molar-refractivity contribution in [1.82, 2.24) is 24.1 Å². The van der Waals surface area contributed by atoms with Gasteiger partial charge in [-0.15, -0.1) is 11.7 Å². The molecule has 0 atom stereocenters. The van der Waals surface area contributed by atoms with E-state index in [1.807, 2.05) is 42.7 Å². The molecule has 8 heteroatoms. The number of carbonyl (C=O) groups excluding carboxylic acids is 1. The van der Waals surface area contributed by atoms with Crippen LogP contribution in [0.15, 0.2) is 41.7 Å². The molecular weight excluding hydrogens is 382 g/mol. The molecular formula is C22H25N5O3. The van der Waals surface area contributed by atoms with Gasteiger partial charge in [-0.25, -0.2) is 0 Å². The molecule has 0 aliphatic carbocycles. The Morgan fingerprint density at radius 3 is 2.57 bits per heavy atom. The first-order valence-corrected chi connectivity index (χ1v) is 10.0. The number of hydrogen-bond donors (Lipinski definition) is 0. The maximum Gasteiger partial charge on any atom is 0.279 e. The molecule has 1 saturated heterocycles. The number of allylic oxidation sites excluding steroid dienone is 1. The molecule has 0 saturated carbocycles. The SMILES string of the molecule is C=CCn1c(C)c(CC(=O)N2CCOCC2)c(=O)n2nc(-c3ccc(C)cc3)nc12. The van der Waals surface area contributed by atoms with Crippen molar-refractivity contribution in [2.24, 2.45) is 0 Å². The molecule has 0 unspecified atom stereocenters. The predicted molar refractivity (Wildman–Crippen MR) is 113 cm³/mol. The van der Waals surface area contributed by atoms with Gasteiger partial charge in [-0.3, -0.25) is 9.59 Å². The van der Waals surface area contributed by atoms with E-state index in [9.17, 15) is 9.59 Å². The number of benzene rings is 1. The second kappa shape index (κ2) is 8.23. The molecule has 4 rings (SSSR count). The van der Waals surface area contributed by atoms with Crippen LogP contribution < -0.4 is 5.56 Å². The quantitative estimate of drug-likeness (QED) is 0.602. The third-order valence-electron chi connectivity index (χ3n) is 5.44. The lowest BCUT2D eigenvalue weighted by atomic mass is 10.1. The van der Waals surface area contributed by atoms with Gasteiger partial charge in [-0.05, 0) is 13.8 Å². The fourth-order valence-corrected chi connectivity index (χ4v) is 3.66. The first-order valence-electron chi connectivity index (χ1n) is 10.0. The van der Waals surface area contributed by atoms with Gasteiger partial charge in [0, 0.05) is 36.5 Å². The van der Waals surface area contributed by atoms with Gasteiger partial charge in [0.1, 0.15) is 0 Å². The Labute approximate surface area is 174 Å². The fourth-order valence-electron chi connectivity index (χ4n) is 3.66. The highest BCUT2D eigenvalue weighted by Gasteiger charge is 2.23. The maximum atomic E-state index is 13.2. The smallest absolute Gasteiger partial charge is 0.279 e. The van der Waals surface area contributed by atoms with Gasteiger partial charge >= 0.3 is 0 Å². The number of fused-ring (bicyclic) bond motifs is 1. The summed E-state index contributed by atoms with van der Waals surface area (Å²) in [7, 11) is 0. The van der Waals surface area contributed by atoms with Gasteiger partial charge in [-0.1, -0.05) is 35.9 Å². The van der Waals surface area contributed by atoms with Crippen molar-refractivity contribution >= 4 is 11.7 Å². The molecule has 156 valence electrons. The number of rotatable bonds is 5. The van der Waals surface area contributed by atoms with Crippen molar-refractivity contribution in [1.29, 1.82) is 0 Å². The number of aryl methyl sites for hydroxylation is 1. The van der Waals surface area contributed by atoms with Crippen LogP contribution in [-0.4, -0.2) is 56.3 Å². The zero-order valence-corrected chi connectivity index (χ0v) is 17.3. The summed E-state index contributed by atoms with van der Waals surface area (Å²) >= 11 is 0. The number of morpholine rings is 1. The summed E-state index contributed by atoms with van der Waals surface area (Å²) in [6.45, 7) is 10.3. The van der Waals surface area contributed by atoms with E-state index >= 15 is 0 Å². The molecule has 1 fully saturated rings. The van der Waals surface area contributed by atoms with E-state index in [2.05, 4.69) is 16.7 Å². The molecule has 1 aliphatic heterocycles. The van der Waals surface area contributed by atoms with Crippen LogP contribution in [0.3, 0.4) is 0 Å². The van der Waals surface area contributed by atoms with Crippen molar-refractivity contribution < 1.29 is 9.53 Å². The second-order valence-corrected chi connectivity index (χ2v) is 7.45. The summed E-state index contributed by atoms with van der Waals surface area (Å²) in [5.41, 5.74) is 2.79. The lowest BCUT2D eigenvalue weighted by molar-refractivity contribution is -0.134. The predicted octanol–water partition coefficient (Wildman–Crippen LogP) is 1.76. The molecule has 1 aromatic carbocycles. The van der Waals surface area contributed by atoms with E-state index < -0.39 is 0 Å². The molecule has 8 nitrogen and oxygen atoms in total. The summed E-state index contributed by atoms with van der Waals surface area (Å²) in [6.07, 6.45) is 1.77. The van der Waals surface area contributed by atoms with Crippen LogP contribution in [0.1, 0.15) is 16.8 Å². The van der Waals surface area contributed by atoms with Crippen LogP contribution in [0.5, 0.6) is 0 Å². The van der Waals surface area contributed by atoms with Gasteiger partial charge in [0.15, 0.2) is 5.82 Å². The lowest BCUT2D eigenvalue weighted by Gasteiger charge is -2.27. The summed E-state index contributed by atoms with van der Waals surface area (Å²) in [4.78, 5) is 32.4. The monoisotopic (exact) mass is 407 g/mol. The number of aromatic nitrogens is 4. The van der Waals surface area contributed by atoms with Gasteiger partial charge in [0.05, 0.1) is 19.6 Å². The van der Waals surface area contributed by atoms with Crippen molar-refractivity contribution in [2.45, 2.75) is 26.8 Å². The molecule has 0 spiro atoms. The highest BCUT2D eigenvalue weighted by Crippen LogP contribution is 2.18. The van der Waals surface area contributed by atoms with E-state index in [1.165, 1.54) is 4.52 Å². The Hall–Kier alpha value is -3.26. The van der Waals surface area contributed by atoms with E-state index in [4.69, 9.17) is 4.74 Å². The number of ether oxygens (including phenoxy) is 1.